The number of rotatable bonds is 4. The highest BCUT2D eigenvalue weighted by Crippen LogP contribution is 2.20. The minimum atomic E-state index is -3.61. The zero-order chi connectivity index (χ0) is 17.7. The summed E-state index contributed by atoms with van der Waals surface area (Å²) in [5, 5.41) is 0. The van der Waals surface area contributed by atoms with Crippen molar-refractivity contribution in [3.8, 4) is 0 Å². The molecular formula is C18H26N2O4S. The molecule has 1 heterocycles. The van der Waals surface area contributed by atoms with E-state index >= 15 is 0 Å². The molecule has 6 nitrogen and oxygen atoms in total. The van der Waals surface area contributed by atoms with Crippen molar-refractivity contribution in [3.05, 3.63) is 29.8 Å². The molecule has 1 N–H and O–H groups in total. The van der Waals surface area contributed by atoms with Crippen LogP contribution in [0.25, 0.3) is 0 Å². The zero-order valence-electron chi connectivity index (χ0n) is 14.4. The molecule has 0 atom stereocenters. The summed E-state index contributed by atoms with van der Waals surface area (Å²) in [7, 11) is -3.61. The molecule has 1 saturated heterocycles. The van der Waals surface area contributed by atoms with E-state index in [-0.39, 0.29) is 16.8 Å². The molecule has 7 heteroatoms. The van der Waals surface area contributed by atoms with E-state index in [9.17, 15) is 13.2 Å². The van der Waals surface area contributed by atoms with Crippen LogP contribution in [0, 0.1) is 0 Å². The van der Waals surface area contributed by atoms with Crippen molar-refractivity contribution in [1.29, 1.82) is 0 Å². The highest BCUT2D eigenvalue weighted by atomic mass is 32.2. The molecule has 1 saturated carbocycles. The first-order valence-corrected chi connectivity index (χ1v) is 10.5. The Morgan fingerprint density at radius 2 is 1.76 bits per heavy atom. The van der Waals surface area contributed by atoms with Crippen molar-refractivity contribution in [3.63, 3.8) is 0 Å². The average molecular weight is 366 g/mol. The van der Waals surface area contributed by atoms with Gasteiger partial charge in [0.1, 0.15) is 0 Å². The fraction of sp³-hybridized carbons (Fsp3) is 0.611. The van der Waals surface area contributed by atoms with E-state index in [1.54, 1.807) is 23.1 Å². The van der Waals surface area contributed by atoms with Gasteiger partial charge in [-0.3, -0.25) is 4.79 Å². The quantitative estimate of drug-likeness (QED) is 0.829. The second-order valence-electron chi connectivity index (χ2n) is 6.74. The topological polar surface area (TPSA) is 75.7 Å². The molecule has 1 aliphatic heterocycles. The lowest BCUT2D eigenvalue weighted by Gasteiger charge is -2.27. The molecule has 3 rings (SSSR count). The third-order valence-electron chi connectivity index (χ3n) is 4.87. The third-order valence-corrected chi connectivity index (χ3v) is 6.38. The molecular weight excluding hydrogens is 340 g/mol. The van der Waals surface area contributed by atoms with E-state index in [2.05, 4.69) is 4.72 Å². The SMILES string of the molecule is O=C(c1cccc(S(=O)(=O)NC2CCCCCC2)c1)N1CCOCC1. The first kappa shape index (κ1) is 18.4. The average Bonchev–Trinajstić information content (AvgIpc) is 2.90. The first-order chi connectivity index (χ1) is 12.1. The molecule has 1 aromatic rings. The maximum Gasteiger partial charge on any atom is 0.254 e. The van der Waals surface area contributed by atoms with E-state index in [4.69, 9.17) is 4.74 Å². The number of carbonyl (C=O) groups excluding carboxylic acids is 1. The number of nitrogens with zero attached hydrogens (tertiary/aromatic N) is 1. The van der Waals surface area contributed by atoms with Crippen LogP contribution in [0.1, 0.15) is 48.9 Å². The number of morpholine rings is 1. The molecule has 2 fully saturated rings. The van der Waals surface area contributed by atoms with Gasteiger partial charge in [-0.2, -0.15) is 0 Å². The zero-order valence-corrected chi connectivity index (χ0v) is 15.3. The first-order valence-electron chi connectivity index (χ1n) is 9.06. The Kier molecular flexibility index (Phi) is 6.09. The van der Waals surface area contributed by atoms with Crippen LogP contribution in [0.2, 0.25) is 0 Å². The van der Waals surface area contributed by atoms with Crippen LogP contribution in [0.3, 0.4) is 0 Å². The lowest BCUT2D eigenvalue weighted by molar-refractivity contribution is 0.0302. The fourth-order valence-electron chi connectivity index (χ4n) is 3.43. The normalized spacial score (nSPS) is 20.2. The van der Waals surface area contributed by atoms with E-state index in [0.717, 1.165) is 25.7 Å². The summed E-state index contributed by atoms with van der Waals surface area (Å²) in [6.07, 6.45) is 6.21. The molecule has 2 aliphatic rings. The molecule has 0 unspecified atom stereocenters. The van der Waals surface area contributed by atoms with E-state index < -0.39 is 10.0 Å². The Morgan fingerprint density at radius 3 is 2.44 bits per heavy atom. The molecule has 0 radical (unpaired) electrons. The third kappa shape index (κ3) is 4.80. The van der Waals surface area contributed by atoms with Crippen LogP contribution < -0.4 is 4.72 Å². The summed E-state index contributed by atoms with van der Waals surface area (Å²) >= 11 is 0. The van der Waals surface area contributed by atoms with E-state index in [1.165, 1.54) is 18.9 Å². The van der Waals surface area contributed by atoms with Crippen LogP contribution >= 0.6 is 0 Å². The van der Waals surface area contributed by atoms with Gasteiger partial charge in [0.2, 0.25) is 10.0 Å². The summed E-state index contributed by atoms with van der Waals surface area (Å²) in [6.45, 7) is 2.12. The summed E-state index contributed by atoms with van der Waals surface area (Å²) in [6, 6.07) is 6.33. The van der Waals surface area contributed by atoms with Gasteiger partial charge in [-0.25, -0.2) is 13.1 Å². The Bertz CT molecular complexity index is 691. The molecule has 1 amide bonds. The van der Waals surface area contributed by atoms with E-state index in [1.807, 2.05) is 0 Å². The Hall–Kier alpha value is -1.44. The van der Waals surface area contributed by atoms with Crippen molar-refractivity contribution in [2.75, 3.05) is 26.3 Å². The molecule has 0 spiro atoms. The van der Waals surface area contributed by atoms with E-state index in [0.29, 0.717) is 31.9 Å². The molecule has 138 valence electrons. The smallest absolute Gasteiger partial charge is 0.254 e. The molecule has 25 heavy (non-hydrogen) atoms. The van der Waals surface area contributed by atoms with Crippen molar-refractivity contribution in [2.45, 2.75) is 49.5 Å². The Morgan fingerprint density at radius 1 is 1.08 bits per heavy atom. The molecule has 0 aromatic heterocycles. The molecule has 1 aromatic carbocycles. The van der Waals surface area contributed by atoms with Crippen molar-refractivity contribution in [2.24, 2.45) is 0 Å². The predicted molar refractivity (Wildman–Crippen MR) is 95.0 cm³/mol. The number of nitrogens with one attached hydrogen (secondary N) is 1. The van der Waals surface area contributed by atoms with Gasteiger partial charge in [-0.15, -0.1) is 0 Å². The lowest BCUT2D eigenvalue weighted by Crippen LogP contribution is -2.40. The molecule has 0 bridgehead atoms. The highest BCUT2D eigenvalue weighted by Gasteiger charge is 2.24. The van der Waals surface area contributed by atoms with Gasteiger partial charge in [-0.1, -0.05) is 31.7 Å². The maximum absolute atomic E-state index is 12.7. The minimum Gasteiger partial charge on any atom is -0.378 e. The summed E-state index contributed by atoms with van der Waals surface area (Å²) in [4.78, 5) is 14.4. The van der Waals surface area contributed by atoms with Crippen molar-refractivity contribution < 1.29 is 17.9 Å². The van der Waals surface area contributed by atoms with Gasteiger partial charge in [0.15, 0.2) is 0 Å². The maximum atomic E-state index is 12.7. The number of carbonyl (C=O) groups is 1. The Balaban J connectivity index is 1.73. The van der Waals surface area contributed by atoms with Crippen LogP contribution in [0.4, 0.5) is 0 Å². The number of benzene rings is 1. The number of hydrogen-bond donors (Lipinski definition) is 1. The van der Waals surface area contributed by atoms with Gasteiger partial charge in [0.05, 0.1) is 18.1 Å². The fourth-order valence-corrected chi connectivity index (χ4v) is 4.78. The largest absolute Gasteiger partial charge is 0.378 e. The summed E-state index contributed by atoms with van der Waals surface area (Å²) < 4.78 is 33.5. The second-order valence-corrected chi connectivity index (χ2v) is 8.46. The number of amides is 1. The lowest BCUT2D eigenvalue weighted by atomic mass is 10.1. The van der Waals surface area contributed by atoms with Gasteiger partial charge < -0.3 is 9.64 Å². The van der Waals surface area contributed by atoms with Gasteiger partial charge in [0, 0.05) is 24.7 Å². The number of hydrogen-bond acceptors (Lipinski definition) is 4. The standard InChI is InChI=1S/C18H26N2O4S/c21-18(20-10-12-24-13-11-20)15-6-5-9-17(14-15)25(22,23)19-16-7-3-1-2-4-8-16/h5-6,9,14,16,19H,1-4,7-8,10-13H2. The molecule has 1 aliphatic carbocycles. The predicted octanol–water partition coefficient (Wildman–Crippen LogP) is 2.16. The number of ether oxygens (including phenoxy) is 1. The van der Waals surface area contributed by atoms with Crippen LogP contribution in [-0.4, -0.2) is 51.6 Å². The summed E-state index contributed by atoms with van der Waals surface area (Å²) in [5.74, 6) is -0.144. The number of sulfonamides is 1. The summed E-state index contributed by atoms with van der Waals surface area (Å²) in [5.41, 5.74) is 0.408. The second kappa shape index (κ2) is 8.29. The van der Waals surface area contributed by atoms with Crippen LogP contribution in [0.5, 0.6) is 0 Å². The monoisotopic (exact) mass is 366 g/mol. The van der Waals surface area contributed by atoms with Crippen LogP contribution in [0.15, 0.2) is 29.2 Å². The van der Waals surface area contributed by atoms with Gasteiger partial charge in [-0.05, 0) is 31.0 Å². The van der Waals surface area contributed by atoms with Crippen molar-refractivity contribution in [1.82, 2.24) is 9.62 Å². The van der Waals surface area contributed by atoms with Crippen molar-refractivity contribution >= 4 is 15.9 Å². The van der Waals surface area contributed by atoms with Gasteiger partial charge in [0.25, 0.3) is 5.91 Å². The van der Waals surface area contributed by atoms with Crippen LogP contribution in [-0.2, 0) is 14.8 Å². The Labute approximate surface area is 149 Å². The minimum absolute atomic E-state index is 0.00824. The van der Waals surface area contributed by atoms with Gasteiger partial charge >= 0.3 is 0 Å². The highest BCUT2D eigenvalue weighted by molar-refractivity contribution is 7.89.